The van der Waals surface area contributed by atoms with Gasteiger partial charge in [0.25, 0.3) is 5.78 Å². The highest BCUT2D eigenvalue weighted by Gasteiger charge is 2.32. The van der Waals surface area contributed by atoms with Crippen molar-refractivity contribution in [2.75, 3.05) is 12.8 Å². The lowest BCUT2D eigenvalue weighted by Gasteiger charge is -2.09. The summed E-state index contributed by atoms with van der Waals surface area (Å²) < 4.78 is 25.5. The third-order valence-corrected chi connectivity index (χ3v) is 7.35. The first-order chi connectivity index (χ1) is 18.9. The molecule has 3 aromatic carbocycles. The van der Waals surface area contributed by atoms with Crippen LogP contribution in [0.5, 0.6) is 11.7 Å². The fourth-order valence-electron chi connectivity index (χ4n) is 4.37. The molecule has 0 saturated carbocycles. The summed E-state index contributed by atoms with van der Waals surface area (Å²) in [7, 11) is 1.58. The first-order valence-electron chi connectivity index (χ1n) is 11.8. The highest BCUT2D eigenvalue weighted by Crippen LogP contribution is 2.42. The number of carbonyl (C=O) groups excluding carboxylic acids is 1. The molecule has 0 saturated heterocycles. The van der Waals surface area contributed by atoms with E-state index >= 15 is 0 Å². The van der Waals surface area contributed by atoms with Crippen LogP contribution in [0.2, 0.25) is 0 Å². The monoisotopic (exact) mass is 538 g/mol. The number of halogens is 1. The number of anilines is 1. The number of ketones is 1. The van der Waals surface area contributed by atoms with E-state index in [9.17, 15) is 14.3 Å². The second kappa shape index (κ2) is 9.66. The van der Waals surface area contributed by atoms with Gasteiger partial charge in [-0.15, -0.1) is 11.3 Å². The van der Waals surface area contributed by atoms with Gasteiger partial charge in [-0.05, 0) is 58.3 Å². The van der Waals surface area contributed by atoms with Crippen molar-refractivity contribution in [1.82, 2.24) is 10.3 Å². The second-order valence-electron chi connectivity index (χ2n) is 8.60. The van der Waals surface area contributed by atoms with Gasteiger partial charge in [-0.1, -0.05) is 30.3 Å². The quantitative estimate of drug-likeness (QED) is 0.236. The Morgan fingerprint density at radius 1 is 1.03 bits per heavy atom. The summed E-state index contributed by atoms with van der Waals surface area (Å²) in [6, 6.07) is 23.9. The fourth-order valence-corrected chi connectivity index (χ4v) is 5.43. The summed E-state index contributed by atoms with van der Waals surface area (Å²) in [5.41, 5.74) is 9.43. The molecule has 0 aliphatic rings. The Kier molecular flexibility index (Phi) is 6.01. The highest BCUT2D eigenvalue weighted by molar-refractivity contribution is 7.21. The Morgan fingerprint density at radius 3 is 2.51 bits per heavy atom. The third kappa shape index (κ3) is 4.26. The Labute approximate surface area is 225 Å². The smallest absolute Gasteiger partial charge is 0.312 e. The van der Waals surface area contributed by atoms with E-state index in [4.69, 9.17) is 20.0 Å². The molecule has 0 radical (unpaired) electrons. The zero-order valence-electron chi connectivity index (χ0n) is 20.4. The van der Waals surface area contributed by atoms with E-state index in [2.05, 4.69) is 5.27 Å². The summed E-state index contributed by atoms with van der Waals surface area (Å²) in [6.45, 7) is 0. The summed E-state index contributed by atoms with van der Waals surface area (Å²) in [4.78, 5) is 19.1. The van der Waals surface area contributed by atoms with Crippen LogP contribution in [0, 0.1) is 5.82 Å². The molecule has 0 bridgehead atoms. The van der Waals surface area contributed by atoms with Crippen LogP contribution < -0.4 is 20.3 Å². The van der Waals surface area contributed by atoms with Gasteiger partial charge in [-0.2, -0.15) is 0 Å². The third-order valence-electron chi connectivity index (χ3n) is 6.25. The number of nitrogen functional groups attached to an aromatic ring is 1. The topological polar surface area (TPSA) is 118 Å². The largest absolute Gasteiger partial charge is 0.539 e. The minimum absolute atomic E-state index is 0.104. The van der Waals surface area contributed by atoms with E-state index in [0.717, 1.165) is 21.6 Å². The maximum absolute atomic E-state index is 14.3. The molecule has 0 unspecified atom stereocenters. The molecule has 3 aromatic heterocycles. The zero-order chi connectivity index (χ0) is 27.1. The van der Waals surface area contributed by atoms with Crippen LogP contribution in [-0.2, 0) is 0 Å². The molecule has 0 spiro atoms. The van der Waals surface area contributed by atoms with Crippen LogP contribution in [0.1, 0.15) is 15.4 Å². The van der Waals surface area contributed by atoms with E-state index in [1.165, 1.54) is 12.1 Å². The maximum Gasteiger partial charge on any atom is 0.312 e. The number of para-hydroxylation sites is 1. The maximum atomic E-state index is 14.3. The van der Waals surface area contributed by atoms with Gasteiger partial charge in [0.05, 0.1) is 23.8 Å². The van der Waals surface area contributed by atoms with Crippen LogP contribution in [0.25, 0.3) is 38.3 Å². The molecule has 6 rings (SSSR count). The van der Waals surface area contributed by atoms with E-state index in [0.29, 0.717) is 38.5 Å². The second-order valence-corrected chi connectivity index (χ2v) is 9.60. The number of methoxy groups -OCH3 is 1. The highest BCUT2D eigenvalue weighted by atomic mass is 32.1. The number of carbonyl (C=O) groups is 1. The van der Waals surface area contributed by atoms with Gasteiger partial charge in [0.15, 0.2) is 5.95 Å². The number of benzene rings is 3. The number of hydrogen-bond donors (Lipinski definition) is 1. The van der Waals surface area contributed by atoms with E-state index in [1.807, 2.05) is 24.3 Å². The Balaban J connectivity index is 1.56. The van der Waals surface area contributed by atoms with Crippen molar-refractivity contribution in [3.63, 3.8) is 0 Å². The summed E-state index contributed by atoms with van der Waals surface area (Å²) in [6.07, 6.45) is 0. The van der Waals surface area contributed by atoms with Crippen molar-refractivity contribution >= 4 is 33.0 Å². The number of nitrogens with two attached hydrogens (primary N) is 1. The number of rotatable bonds is 6. The number of ether oxygens (including phenoxy) is 1. The van der Waals surface area contributed by atoms with E-state index in [1.54, 1.807) is 55.6 Å². The van der Waals surface area contributed by atoms with Crippen molar-refractivity contribution in [1.29, 1.82) is 0 Å². The number of thiophene rings is 1. The van der Waals surface area contributed by atoms with E-state index in [-0.39, 0.29) is 16.3 Å². The summed E-state index contributed by atoms with van der Waals surface area (Å²) in [5, 5.41) is 16.8. The van der Waals surface area contributed by atoms with Crippen molar-refractivity contribution in [3.8, 4) is 39.8 Å². The molecule has 0 amide bonds. The molecule has 192 valence electrons. The molecule has 2 N–H and O–H groups in total. The van der Waals surface area contributed by atoms with Crippen LogP contribution in [0.3, 0.4) is 0 Å². The van der Waals surface area contributed by atoms with Gasteiger partial charge >= 0.3 is 5.69 Å². The molecular weight excluding hydrogens is 519 g/mol. The zero-order valence-corrected chi connectivity index (χ0v) is 21.2. The average molecular weight is 539 g/mol. The molecule has 0 fully saturated rings. The van der Waals surface area contributed by atoms with Gasteiger partial charge in [-0.3, -0.25) is 4.79 Å². The number of aromatic nitrogens is 3. The predicted molar refractivity (Wildman–Crippen MR) is 142 cm³/mol. The van der Waals surface area contributed by atoms with Crippen molar-refractivity contribution in [3.05, 3.63) is 101 Å². The van der Waals surface area contributed by atoms with Gasteiger partial charge in [-0.25, -0.2) is 9.37 Å². The Morgan fingerprint density at radius 2 is 1.79 bits per heavy atom. The SMILES string of the molecule is COc1ccc(-c2cc(-c3cccc(F)c3)c3c(N)c(C(=O)c4c([O-])on[n+]4-c4ccccc4)sc3n2)cc1. The number of nitrogens with zero attached hydrogens (tertiary/aromatic N) is 3. The standard InChI is InChI=1S/C29H19FN4O4S/c1-37-20-12-10-16(11-13-20)22-15-21(17-6-5-7-18(30)14-17)23-24(31)27(39-28(23)32-22)26(35)25-29(36)38-33-34(25)19-8-3-2-4-9-19/h2-15H,1H3,(H2-,31,33,35,36). The number of fused-ring (bicyclic) bond motifs is 1. The van der Waals surface area contributed by atoms with E-state index < -0.39 is 17.5 Å². The van der Waals surface area contributed by atoms with Gasteiger partial charge in [0.2, 0.25) is 5.69 Å². The van der Waals surface area contributed by atoms with Crippen LogP contribution in [0.15, 0.2) is 89.5 Å². The fraction of sp³-hybridized carbons (Fsp3) is 0.0345. The van der Waals surface area contributed by atoms with Crippen LogP contribution in [0.4, 0.5) is 10.1 Å². The molecule has 3 heterocycles. The van der Waals surface area contributed by atoms with Crippen molar-refractivity contribution in [2.24, 2.45) is 0 Å². The molecule has 10 heteroatoms. The normalized spacial score (nSPS) is 11.1. The molecule has 0 aliphatic carbocycles. The van der Waals surface area contributed by atoms with Crippen molar-refractivity contribution < 1.29 is 28.2 Å². The average Bonchev–Trinajstić information content (AvgIpc) is 3.52. The predicted octanol–water partition coefficient (Wildman–Crippen LogP) is 4.93. The summed E-state index contributed by atoms with van der Waals surface area (Å²) in [5.74, 6) is -1.27. The number of pyridine rings is 1. The van der Waals surface area contributed by atoms with Crippen LogP contribution >= 0.6 is 11.3 Å². The lowest BCUT2D eigenvalue weighted by Crippen LogP contribution is -2.39. The van der Waals surface area contributed by atoms with Crippen molar-refractivity contribution in [2.45, 2.75) is 0 Å². The molecule has 6 aromatic rings. The molecule has 8 nitrogen and oxygen atoms in total. The molecule has 0 aliphatic heterocycles. The Hall–Kier alpha value is -5.09. The minimum Gasteiger partial charge on any atom is -0.539 e. The minimum atomic E-state index is -0.891. The lowest BCUT2D eigenvalue weighted by atomic mass is 9.99. The number of hydrogen-bond acceptors (Lipinski definition) is 8. The first-order valence-corrected chi connectivity index (χ1v) is 12.6. The summed E-state index contributed by atoms with van der Waals surface area (Å²) >= 11 is 1.05. The van der Waals surface area contributed by atoms with Gasteiger partial charge in [0, 0.05) is 23.1 Å². The molecular formula is C29H19FN4O4S. The Bertz CT molecular complexity index is 1850. The van der Waals surface area contributed by atoms with Gasteiger partial charge < -0.3 is 20.1 Å². The van der Waals surface area contributed by atoms with Crippen LogP contribution in [-0.4, -0.2) is 23.1 Å². The first kappa shape index (κ1) is 24.3. The lowest BCUT2D eigenvalue weighted by molar-refractivity contribution is -0.672. The van der Waals surface area contributed by atoms with Gasteiger partial charge in [0.1, 0.15) is 21.3 Å². The molecule has 0 atom stereocenters. The molecule has 39 heavy (non-hydrogen) atoms.